The largest absolute Gasteiger partial charge is 0.372 e. The standard InChI is InChI=1S/C14H16BrClN2O2/c1-7(2)18-13(19)6-12(14(18)20)17-11-5-10(16)8(3)4-9(11)15/h4-5,7,12,17H,6H2,1-3H3. The molecule has 1 aromatic rings. The maximum Gasteiger partial charge on any atom is 0.252 e. The molecule has 0 bridgehead atoms. The molecule has 1 fully saturated rings. The molecule has 0 aliphatic carbocycles. The minimum Gasteiger partial charge on any atom is -0.372 e. The van der Waals surface area contributed by atoms with E-state index >= 15 is 0 Å². The molecule has 6 heteroatoms. The summed E-state index contributed by atoms with van der Waals surface area (Å²) in [6.07, 6.45) is 0.176. The maximum absolute atomic E-state index is 12.2. The van der Waals surface area contributed by atoms with Crippen molar-refractivity contribution in [2.45, 2.75) is 39.3 Å². The van der Waals surface area contributed by atoms with Gasteiger partial charge >= 0.3 is 0 Å². The second kappa shape index (κ2) is 5.74. The summed E-state index contributed by atoms with van der Waals surface area (Å²) in [5.74, 6) is -0.328. The summed E-state index contributed by atoms with van der Waals surface area (Å²) in [5, 5.41) is 3.72. The average molecular weight is 360 g/mol. The number of carbonyl (C=O) groups excluding carboxylic acids is 2. The Morgan fingerprint density at radius 3 is 2.60 bits per heavy atom. The van der Waals surface area contributed by atoms with E-state index in [4.69, 9.17) is 11.6 Å². The van der Waals surface area contributed by atoms with Gasteiger partial charge in [-0.2, -0.15) is 0 Å². The monoisotopic (exact) mass is 358 g/mol. The number of imide groups is 1. The molecule has 0 spiro atoms. The van der Waals surface area contributed by atoms with Gasteiger partial charge in [-0.05, 0) is 54.4 Å². The van der Waals surface area contributed by atoms with Crippen molar-refractivity contribution in [1.82, 2.24) is 4.90 Å². The van der Waals surface area contributed by atoms with Crippen molar-refractivity contribution in [3.8, 4) is 0 Å². The summed E-state index contributed by atoms with van der Waals surface area (Å²) in [6, 6.07) is 3.00. The van der Waals surface area contributed by atoms with Gasteiger partial charge in [0.1, 0.15) is 6.04 Å². The van der Waals surface area contributed by atoms with Crippen LogP contribution in [-0.2, 0) is 9.59 Å². The highest BCUT2D eigenvalue weighted by atomic mass is 79.9. The molecule has 1 aliphatic heterocycles. The summed E-state index contributed by atoms with van der Waals surface area (Å²) >= 11 is 9.53. The van der Waals surface area contributed by atoms with Crippen LogP contribution in [0.25, 0.3) is 0 Å². The highest BCUT2D eigenvalue weighted by Crippen LogP contribution is 2.31. The van der Waals surface area contributed by atoms with E-state index in [0.29, 0.717) is 5.02 Å². The molecular formula is C14H16BrClN2O2. The Hall–Kier alpha value is -1.07. The lowest BCUT2D eigenvalue weighted by atomic mass is 10.2. The first kappa shape index (κ1) is 15.3. The van der Waals surface area contributed by atoms with Gasteiger partial charge in [-0.3, -0.25) is 14.5 Å². The van der Waals surface area contributed by atoms with Crippen LogP contribution in [0.1, 0.15) is 25.8 Å². The topological polar surface area (TPSA) is 49.4 Å². The van der Waals surface area contributed by atoms with E-state index in [2.05, 4.69) is 21.2 Å². The van der Waals surface area contributed by atoms with Crippen molar-refractivity contribution in [2.75, 3.05) is 5.32 Å². The number of benzene rings is 1. The Kier molecular flexibility index (Phi) is 4.39. The third kappa shape index (κ3) is 2.83. The van der Waals surface area contributed by atoms with E-state index in [1.807, 2.05) is 26.8 Å². The highest BCUT2D eigenvalue weighted by Gasteiger charge is 2.40. The number of hydrogen-bond donors (Lipinski definition) is 1. The average Bonchev–Trinajstić information content (AvgIpc) is 2.61. The zero-order valence-electron chi connectivity index (χ0n) is 11.5. The zero-order valence-corrected chi connectivity index (χ0v) is 13.9. The number of hydrogen-bond acceptors (Lipinski definition) is 3. The maximum atomic E-state index is 12.2. The molecule has 0 saturated carbocycles. The number of anilines is 1. The van der Waals surface area contributed by atoms with E-state index in [0.717, 1.165) is 15.7 Å². The normalized spacial score (nSPS) is 19.1. The van der Waals surface area contributed by atoms with Crippen molar-refractivity contribution in [1.29, 1.82) is 0 Å². The Balaban J connectivity index is 2.22. The lowest BCUT2D eigenvalue weighted by Gasteiger charge is -2.20. The van der Waals surface area contributed by atoms with Gasteiger partial charge in [0.15, 0.2) is 0 Å². The highest BCUT2D eigenvalue weighted by molar-refractivity contribution is 9.10. The molecule has 1 atom stereocenters. The molecule has 4 nitrogen and oxygen atoms in total. The molecule has 2 rings (SSSR count). The van der Waals surface area contributed by atoms with Crippen LogP contribution in [0.2, 0.25) is 5.02 Å². The number of halogens is 2. The van der Waals surface area contributed by atoms with Crippen molar-refractivity contribution in [3.05, 3.63) is 27.2 Å². The summed E-state index contributed by atoms with van der Waals surface area (Å²) in [4.78, 5) is 25.4. The number of amides is 2. The SMILES string of the molecule is Cc1cc(Br)c(NC2CC(=O)N(C(C)C)C2=O)cc1Cl. The second-order valence-corrected chi connectivity index (χ2v) is 6.44. The minimum absolute atomic E-state index is 0.119. The van der Waals surface area contributed by atoms with Crippen LogP contribution >= 0.6 is 27.5 Å². The van der Waals surface area contributed by atoms with Crippen LogP contribution in [0.15, 0.2) is 16.6 Å². The van der Waals surface area contributed by atoms with Gasteiger partial charge in [0.05, 0.1) is 12.1 Å². The minimum atomic E-state index is -0.528. The summed E-state index contributed by atoms with van der Waals surface area (Å²) in [5.41, 5.74) is 1.67. The van der Waals surface area contributed by atoms with Gasteiger partial charge in [0.2, 0.25) is 5.91 Å². The predicted octanol–water partition coefficient (Wildman–Crippen LogP) is 3.36. The zero-order chi connectivity index (χ0) is 15.0. The third-order valence-electron chi connectivity index (χ3n) is 3.28. The molecule has 1 N–H and O–H groups in total. The Labute approximate surface area is 131 Å². The molecule has 1 saturated heterocycles. The molecule has 20 heavy (non-hydrogen) atoms. The van der Waals surface area contributed by atoms with E-state index in [9.17, 15) is 9.59 Å². The van der Waals surface area contributed by atoms with Gasteiger partial charge in [-0.25, -0.2) is 0 Å². The summed E-state index contributed by atoms with van der Waals surface area (Å²) in [7, 11) is 0. The molecular weight excluding hydrogens is 344 g/mol. The lowest BCUT2D eigenvalue weighted by molar-refractivity contribution is -0.140. The number of likely N-dealkylation sites (tertiary alicyclic amines) is 1. The van der Waals surface area contributed by atoms with Crippen LogP contribution in [0.3, 0.4) is 0 Å². The van der Waals surface area contributed by atoms with E-state index < -0.39 is 6.04 Å². The molecule has 1 heterocycles. The first-order chi connectivity index (χ1) is 9.31. The number of nitrogens with one attached hydrogen (secondary N) is 1. The summed E-state index contributed by atoms with van der Waals surface area (Å²) < 4.78 is 0.822. The van der Waals surface area contributed by atoms with Gasteiger partial charge in [0.25, 0.3) is 5.91 Å². The Morgan fingerprint density at radius 1 is 1.40 bits per heavy atom. The van der Waals surface area contributed by atoms with Gasteiger partial charge in [-0.1, -0.05) is 11.6 Å². The lowest BCUT2D eigenvalue weighted by Crippen LogP contribution is -2.39. The molecule has 0 radical (unpaired) electrons. The molecule has 0 aromatic heterocycles. The number of carbonyl (C=O) groups is 2. The fourth-order valence-corrected chi connectivity index (χ4v) is 2.99. The van der Waals surface area contributed by atoms with Crippen LogP contribution in [0.4, 0.5) is 5.69 Å². The first-order valence-electron chi connectivity index (χ1n) is 6.39. The number of nitrogens with zero attached hydrogens (tertiary/aromatic N) is 1. The fraction of sp³-hybridized carbons (Fsp3) is 0.429. The van der Waals surface area contributed by atoms with Gasteiger partial charge < -0.3 is 5.32 Å². The van der Waals surface area contributed by atoms with Crippen LogP contribution < -0.4 is 5.32 Å². The quantitative estimate of drug-likeness (QED) is 0.842. The van der Waals surface area contributed by atoms with Crippen LogP contribution in [-0.4, -0.2) is 28.8 Å². The Morgan fingerprint density at radius 2 is 2.05 bits per heavy atom. The molecule has 1 aliphatic rings. The molecule has 108 valence electrons. The summed E-state index contributed by atoms with van der Waals surface area (Å²) in [6.45, 7) is 5.56. The fourth-order valence-electron chi connectivity index (χ4n) is 2.25. The predicted molar refractivity (Wildman–Crippen MR) is 82.9 cm³/mol. The van der Waals surface area contributed by atoms with Crippen LogP contribution in [0, 0.1) is 6.92 Å². The van der Waals surface area contributed by atoms with E-state index in [-0.39, 0.29) is 24.3 Å². The van der Waals surface area contributed by atoms with Crippen molar-refractivity contribution >= 4 is 45.0 Å². The van der Waals surface area contributed by atoms with E-state index in [1.165, 1.54) is 4.90 Å². The van der Waals surface area contributed by atoms with E-state index in [1.54, 1.807) is 6.07 Å². The first-order valence-corrected chi connectivity index (χ1v) is 7.56. The van der Waals surface area contributed by atoms with Crippen molar-refractivity contribution in [2.24, 2.45) is 0 Å². The van der Waals surface area contributed by atoms with Crippen LogP contribution in [0.5, 0.6) is 0 Å². The molecule has 1 unspecified atom stereocenters. The van der Waals surface area contributed by atoms with Gasteiger partial charge in [0, 0.05) is 15.5 Å². The van der Waals surface area contributed by atoms with Crippen molar-refractivity contribution in [3.63, 3.8) is 0 Å². The second-order valence-electron chi connectivity index (χ2n) is 5.18. The smallest absolute Gasteiger partial charge is 0.252 e. The molecule has 2 amide bonds. The molecule has 1 aromatic carbocycles. The third-order valence-corrected chi connectivity index (χ3v) is 4.34. The van der Waals surface area contributed by atoms with Gasteiger partial charge in [-0.15, -0.1) is 0 Å². The van der Waals surface area contributed by atoms with Crippen molar-refractivity contribution < 1.29 is 9.59 Å². The number of aryl methyl sites for hydroxylation is 1. The Bertz CT molecular complexity index is 575. The number of rotatable bonds is 3.